The number of carbonyl (C=O) groups excluding carboxylic acids is 4. The van der Waals surface area contributed by atoms with Gasteiger partial charge < -0.3 is 34.6 Å². The summed E-state index contributed by atoms with van der Waals surface area (Å²) in [6.45, 7) is 12.4. The molecule has 4 aliphatic rings. The van der Waals surface area contributed by atoms with Crippen LogP contribution in [0.2, 0.25) is 0 Å². The molecule has 2 aromatic rings. The van der Waals surface area contributed by atoms with Gasteiger partial charge in [-0.05, 0) is 80.7 Å². The highest BCUT2D eigenvalue weighted by molar-refractivity contribution is 5.91. The zero-order chi connectivity index (χ0) is 39.6. The molecule has 4 aliphatic heterocycles. The standard InChI is InChI=1S/C43H62N6O7.CH4/c1-4-5-6-9-26-55-39(50)30-45-17-13-35(14-18-45)46-22-24-47(25-23-46)41(52)38(29-33-27-31(2)40(51)32(3)28-33)56-43(54)48-19-15-36(16-20-48)49-21-12-34-10-7-8-11-37(34)44-42(49)53;/h7-8,10-11,27-28,35-36,38,51H,4-6,9,12-26,29-30H2,1-3H3,(H,44,53);1H4/t38-;/m1./s1. The lowest BCUT2D eigenvalue weighted by Gasteiger charge is -2.43. The van der Waals surface area contributed by atoms with Gasteiger partial charge in [-0.15, -0.1) is 0 Å². The Balaban J connectivity index is 0.00000620. The summed E-state index contributed by atoms with van der Waals surface area (Å²) in [7, 11) is 0. The second-order valence-electron chi connectivity index (χ2n) is 16.1. The Morgan fingerprint density at radius 1 is 0.842 bits per heavy atom. The first-order valence-electron chi connectivity index (χ1n) is 20.9. The molecule has 4 amide bonds. The summed E-state index contributed by atoms with van der Waals surface area (Å²) in [5.41, 5.74) is 4.20. The number of carbonyl (C=O) groups is 4. The zero-order valence-electron chi connectivity index (χ0n) is 33.7. The van der Waals surface area contributed by atoms with Crippen molar-refractivity contribution in [2.24, 2.45) is 0 Å². The van der Waals surface area contributed by atoms with Crippen LogP contribution in [0.25, 0.3) is 0 Å². The molecule has 0 spiro atoms. The van der Waals surface area contributed by atoms with Crippen LogP contribution in [0.3, 0.4) is 0 Å². The van der Waals surface area contributed by atoms with Gasteiger partial charge in [0.25, 0.3) is 5.91 Å². The quantitative estimate of drug-likeness (QED) is 0.186. The van der Waals surface area contributed by atoms with Crippen LogP contribution in [-0.2, 0) is 31.9 Å². The van der Waals surface area contributed by atoms with Crippen LogP contribution < -0.4 is 5.32 Å². The van der Waals surface area contributed by atoms with E-state index in [4.69, 9.17) is 9.47 Å². The Morgan fingerprint density at radius 3 is 2.19 bits per heavy atom. The van der Waals surface area contributed by atoms with E-state index >= 15 is 0 Å². The van der Waals surface area contributed by atoms with E-state index in [9.17, 15) is 24.3 Å². The van der Waals surface area contributed by atoms with Crippen LogP contribution in [-0.4, -0.2) is 144 Å². The van der Waals surface area contributed by atoms with Crippen LogP contribution in [0.5, 0.6) is 5.75 Å². The number of likely N-dealkylation sites (tertiary alicyclic amines) is 2. The summed E-state index contributed by atoms with van der Waals surface area (Å²) in [5.74, 6) is -0.129. The summed E-state index contributed by atoms with van der Waals surface area (Å²) in [6.07, 6.45) is 6.95. The van der Waals surface area contributed by atoms with Crippen LogP contribution >= 0.6 is 0 Å². The van der Waals surface area contributed by atoms with Gasteiger partial charge in [-0.25, -0.2) is 9.59 Å². The molecule has 3 fully saturated rings. The lowest BCUT2D eigenvalue weighted by molar-refractivity contribution is -0.145. The van der Waals surface area contributed by atoms with Crippen molar-refractivity contribution >= 4 is 29.7 Å². The van der Waals surface area contributed by atoms with Crippen molar-refractivity contribution in [1.82, 2.24) is 24.5 Å². The van der Waals surface area contributed by atoms with E-state index in [-0.39, 0.29) is 43.5 Å². The van der Waals surface area contributed by atoms with Crippen molar-refractivity contribution in [2.45, 2.75) is 111 Å². The number of anilines is 1. The highest BCUT2D eigenvalue weighted by Gasteiger charge is 2.36. The fourth-order valence-electron chi connectivity index (χ4n) is 8.75. The number of hydrogen-bond donors (Lipinski definition) is 2. The number of benzene rings is 2. The average Bonchev–Trinajstić information content (AvgIpc) is 3.37. The molecule has 2 N–H and O–H groups in total. The molecule has 0 aliphatic carbocycles. The maximum atomic E-state index is 14.2. The summed E-state index contributed by atoms with van der Waals surface area (Å²) in [6, 6.07) is 11.9. The van der Waals surface area contributed by atoms with E-state index in [1.54, 1.807) is 4.90 Å². The number of aryl methyl sites for hydroxylation is 2. The number of esters is 1. The molecule has 3 saturated heterocycles. The van der Waals surface area contributed by atoms with Crippen molar-refractivity contribution in [2.75, 3.05) is 77.4 Å². The minimum absolute atomic E-state index is 0. The Bertz CT molecular complexity index is 1640. The molecule has 1 atom stereocenters. The number of nitrogens with zero attached hydrogens (tertiary/aromatic N) is 5. The monoisotopic (exact) mass is 790 g/mol. The maximum Gasteiger partial charge on any atom is 0.410 e. The Labute approximate surface area is 339 Å². The molecule has 0 bridgehead atoms. The molecule has 2 aromatic carbocycles. The SMILES string of the molecule is C.CCCCCCOC(=O)CN1CCC(N2CCN(C(=O)[C@@H](Cc3cc(C)c(O)c(C)c3)OC(=O)N3CCC(N4CCc5ccccc5NC4=O)CC3)CC2)CC1. The molecule has 13 nitrogen and oxygen atoms in total. The van der Waals surface area contributed by atoms with Crippen LogP contribution in [0.1, 0.15) is 88.0 Å². The van der Waals surface area contributed by atoms with Crippen molar-refractivity contribution < 1.29 is 33.8 Å². The molecule has 13 heteroatoms. The van der Waals surface area contributed by atoms with Crippen LogP contribution in [0.15, 0.2) is 36.4 Å². The predicted molar refractivity (Wildman–Crippen MR) is 221 cm³/mol. The van der Waals surface area contributed by atoms with Crippen molar-refractivity contribution in [3.8, 4) is 5.75 Å². The minimum Gasteiger partial charge on any atom is -0.507 e. The third-order valence-electron chi connectivity index (χ3n) is 12.1. The van der Waals surface area contributed by atoms with Gasteiger partial charge in [-0.3, -0.25) is 19.4 Å². The number of piperazine rings is 1. The Kier molecular flexibility index (Phi) is 16.0. The largest absolute Gasteiger partial charge is 0.507 e. The normalized spacial score (nSPS) is 19.2. The smallest absolute Gasteiger partial charge is 0.410 e. The number of phenols is 1. The molecule has 0 radical (unpaired) electrons. The number of urea groups is 1. The van der Waals surface area contributed by atoms with Crippen molar-refractivity contribution in [1.29, 1.82) is 0 Å². The van der Waals surface area contributed by atoms with Crippen molar-refractivity contribution in [3.05, 3.63) is 58.7 Å². The molecule has 0 saturated carbocycles. The molecule has 0 unspecified atom stereocenters. The number of para-hydroxylation sites is 1. The summed E-state index contributed by atoms with van der Waals surface area (Å²) >= 11 is 0. The van der Waals surface area contributed by atoms with Gasteiger partial charge >= 0.3 is 18.1 Å². The summed E-state index contributed by atoms with van der Waals surface area (Å²) in [4.78, 5) is 63.4. The first kappa shape index (κ1) is 43.8. The number of fused-ring (bicyclic) bond motifs is 1. The van der Waals surface area contributed by atoms with Gasteiger partial charge in [0, 0.05) is 83.1 Å². The number of piperidine rings is 2. The number of hydrogen-bond acceptors (Lipinski definition) is 9. The predicted octanol–water partition coefficient (Wildman–Crippen LogP) is 5.98. The van der Waals surface area contributed by atoms with E-state index in [1.807, 2.05) is 60.0 Å². The third-order valence-corrected chi connectivity index (χ3v) is 12.1. The fraction of sp³-hybridized carbons (Fsp3) is 0.636. The van der Waals surface area contributed by atoms with Crippen LogP contribution in [0, 0.1) is 13.8 Å². The third kappa shape index (κ3) is 11.6. The molecule has 0 aromatic heterocycles. The first-order valence-corrected chi connectivity index (χ1v) is 20.9. The van der Waals surface area contributed by atoms with Gasteiger partial charge in [0.2, 0.25) is 0 Å². The van der Waals surface area contributed by atoms with E-state index in [0.29, 0.717) is 75.9 Å². The highest BCUT2D eigenvalue weighted by Crippen LogP contribution is 2.27. The highest BCUT2D eigenvalue weighted by atomic mass is 16.6. The van der Waals surface area contributed by atoms with Gasteiger partial charge in [-0.2, -0.15) is 0 Å². The Hall–Kier alpha value is -4.36. The Morgan fingerprint density at radius 2 is 1.51 bits per heavy atom. The van der Waals surface area contributed by atoms with Gasteiger partial charge in [0.05, 0.1) is 13.2 Å². The van der Waals surface area contributed by atoms with E-state index in [2.05, 4.69) is 22.0 Å². The number of nitrogens with one attached hydrogen (secondary N) is 1. The number of amides is 4. The molecular formula is C44H66N6O7. The summed E-state index contributed by atoms with van der Waals surface area (Å²) < 4.78 is 11.6. The topological polar surface area (TPSA) is 135 Å². The fourth-order valence-corrected chi connectivity index (χ4v) is 8.75. The van der Waals surface area contributed by atoms with E-state index < -0.39 is 12.2 Å². The van der Waals surface area contributed by atoms with Crippen LogP contribution in [0.4, 0.5) is 15.3 Å². The second kappa shape index (κ2) is 20.9. The van der Waals surface area contributed by atoms with Gasteiger partial charge in [0.1, 0.15) is 5.75 Å². The number of unbranched alkanes of at least 4 members (excludes halogenated alkanes) is 3. The number of aromatic hydroxyl groups is 1. The molecule has 6 rings (SSSR count). The number of phenolic OH excluding ortho intramolecular Hbond substituents is 1. The molecule has 4 heterocycles. The second-order valence-corrected chi connectivity index (χ2v) is 16.1. The lowest BCUT2D eigenvalue weighted by atomic mass is 10.00. The first-order chi connectivity index (χ1) is 27.1. The van der Waals surface area contributed by atoms with E-state index in [0.717, 1.165) is 81.5 Å². The number of ether oxygens (including phenoxy) is 2. The lowest BCUT2D eigenvalue weighted by Crippen LogP contribution is -2.57. The minimum atomic E-state index is -1.01. The van der Waals surface area contributed by atoms with Crippen molar-refractivity contribution in [3.63, 3.8) is 0 Å². The molecular weight excluding hydrogens is 725 g/mol. The van der Waals surface area contributed by atoms with E-state index in [1.165, 1.54) is 6.42 Å². The van der Waals surface area contributed by atoms with Gasteiger partial charge in [-0.1, -0.05) is 63.9 Å². The number of rotatable bonds is 13. The maximum absolute atomic E-state index is 14.2. The van der Waals surface area contributed by atoms with Gasteiger partial charge in [0.15, 0.2) is 6.10 Å². The summed E-state index contributed by atoms with van der Waals surface area (Å²) in [5, 5.41) is 13.5. The molecule has 57 heavy (non-hydrogen) atoms. The molecule has 314 valence electrons. The zero-order valence-corrected chi connectivity index (χ0v) is 33.7. The average molecular weight is 791 g/mol.